The standard InChI is InChI=1S/C78H134N26O25/c1-20-38(8)51(33-111)94-59(73(124)91-45(15)64(115)85-42(12)63(114)80-19)100-68(119)47(17)87-66(117)44(14)90-72(123)56(83-25-28-107)98-77(128)61(95-52(34-112)39(9)21-2)104-78(129)62(96-53(35-113)40(10)22-3)103-74(125)57(84-41(11)30-108)102-75(126)58(92-49(31-109)29-36(4)5)99-67(118)46(16)86-65(116)43(13)89-71(122)55(82-24-27-106)97-76(127)60(93-50(32-110)37(6)7)101-69(120)48(18)88-70(121)54(79)81-23-26-105/h26-28,30-62,81-84,92-96H,20-25,29,79H2,1-19H3,(H,80,114)(H,85,115)(H,86,116)(H,87,117)(H,88,121)(H,89,122)(H,90,123)(H,91,124)(H,97,127)(H,98,128)(H,99,118)(H,100,119)(H,101,120)(H,102,126)(H,103,125)(H,104,129)/t38-,39-,40-,41+,42+,43+,44+,45+,46+,47+,48+,49-,50+,51+,52+,53+,54+,55-,56-,57-,58-,59-,60-,61-,62-/m1/s1. The second-order valence-corrected chi connectivity index (χ2v) is 31.3. The van der Waals surface area contributed by atoms with E-state index in [9.17, 15) is 120 Å². The Kier molecular flexibility index (Phi) is 55.9. The Labute approximate surface area is 747 Å². The molecular weight excluding hydrogens is 1700 g/mol. The molecule has 27 N–H and O–H groups in total. The molecule has 0 aromatic heterocycles. The number of nitrogens with one attached hydrogen (secondary N) is 25. The summed E-state index contributed by atoms with van der Waals surface area (Å²) in [6.07, 6.45) is -13.4. The highest BCUT2D eigenvalue weighted by Gasteiger charge is 2.40. The molecule has 129 heavy (non-hydrogen) atoms. The average molecular weight is 1840 g/mol. The Morgan fingerprint density at radius 2 is 0.488 bits per heavy atom. The molecule has 0 spiro atoms. The van der Waals surface area contributed by atoms with Gasteiger partial charge in [0, 0.05) is 7.05 Å². The summed E-state index contributed by atoms with van der Waals surface area (Å²) in [6, 6.07) is -17.7. The van der Waals surface area contributed by atoms with Crippen LogP contribution < -0.4 is 139 Å². The molecule has 0 rings (SSSR count). The summed E-state index contributed by atoms with van der Waals surface area (Å²) in [4.78, 5) is 331. The maximum atomic E-state index is 15.0. The summed E-state index contributed by atoms with van der Waals surface area (Å²) < 4.78 is 0. The van der Waals surface area contributed by atoms with Gasteiger partial charge in [-0.15, -0.1) is 0 Å². The van der Waals surface area contributed by atoms with E-state index in [2.05, 4.69) is 133 Å². The van der Waals surface area contributed by atoms with Crippen molar-refractivity contribution in [3.8, 4) is 0 Å². The minimum absolute atomic E-state index is 0.00637. The first kappa shape index (κ1) is 117. The molecule has 51 nitrogen and oxygen atoms in total. The van der Waals surface area contributed by atoms with Gasteiger partial charge in [0.2, 0.25) is 41.4 Å². The van der Waals surface area contributed by atoms with Crippen LogP contribution in [0.3, 0.4) is 0 Å². The summed E-state index contributed by atoms with van der Waals surface area (Å²) in [5, 5.41) is 60.2. The number of hydrogen-bond acceptors (Lipinski definition) is 35. The Hall–Kier alpha value is -11.8. The van der Waals surface area contributed by atoms with Crippen LogP contribution in [-0.2, 0) is 120 Å². The molecule has 0 aromatic carbocycles. The number of aldehydes is 9. The molecule has 0 aromatic rings. The quantitative estimate of drug-likeness (QED) is 0.0199. The van der Waals surface area contributed by atoms with Crippen molar-refractivity contribution in [3.63, 3.8) is 0 Å². The first-order chi connectivity index (χ1) is 60.6. The minimum atomic E-state index is -2.19. The third kappa shape index (κ3) is 42.8. The number of likely N-dealkylation sites (N-methyl/N-ethyl adjacent to an activating group) is 1. The van der Waals surface area contributed by atoms with Crippen LogP contribution in [0.25, 0.3) is 0 Å². The molecule has 0 radical (unpaired) electrons. The molecular formula is C78H134N26O25. The van der Waals surface area contributed by atoms with Crippen LogP contribution in [0.2, 0.25) is 0 Å². The van der Waals surface area contributed by atoms with Gasteiger partial charge in [0.05, 0.1) is 55.9 Å². The number of hydrogen-bond donors (Lipinski definition) is 26. The van der Waals surface area contributed by atoms with Crippen molar-refractivity contribution in [1.82, 2.24) is 133 Å². The monoisotopic (exact) mass is 1840 g/mol. The van der Waals surface area contributed by atoms with Crippen LogP contribution >= 0.6 is 0 Å². The molecule has 0 aliphatic carbocycles. The number of carbonyl (C=O) groups is 25. The normalized spacial score (nSPS) is 17.0. The van der Waals surface area contributed by atoms with E-state index < -0.39 is 265 Å². The molecule has 0 saturated carbocycles. The zero-order valence-corrected chi connectivity index (χ0v) is 76.0. The van der Waals surface area contributed by atoms with Crippen molar-refractivity contribution in [2.24, 2.45) is 35.3 Å². The maximum Gasteiger partial charge on any atom is 0.259 e. The molecule has 0 heterocycles. The lowest BCUT2D eigenvalue weighted by atomic mass is 10.00. The van der Waals surface area contributed by atoms with Gasteiger partial charge in [0.15, 0.2) is 49.3 Å². The zero-order chi connectivity index (χ0) is 98.8. The highest BCUT2D eigenvalue weighted by Crippen LogP contribution is 2.12. The van der Waals surface area contributed by atoms with E-state index in [0.29, 0.717) is 44.1 Å². The van der Waals surface area contributed by atoms with Crippen molar-refractivity contribution in [1.29, 1.82) is 0 Å². The maximum absolute atomic E-state index is 15.0. The number of rotatable bonds is 67. The molecule has 0 unspecified atom stereocenters. The fraction of sp³-hybridized carbons (Fsp3) is 0.679. The molecule has 0 aliphatic rings. The Bertz CT molecular complexity index is 3810. The van der Waals surface area contributed by atoms with Crippen LogP contribution in [0.4, 0.5) is 0 Å². The second kappa shape index (κ2) is 61.6. The molecule has 51 heteroatoms. The number of amides is 16. The van der Waals surface area contributed by atoms with E-state index >= 15 is 0 Å². The summed E-state index contributed by atoms with van der Waals surface area (Å²) >= 11 is 0. The van der Waals surface area contributed by atoms with Gasteiger partial charge in [0.1, 0.15) is 105 Å². The van der Waals surface area contributed by atoms with Crippen molar-refractivity contribution < 1.29 is 120 Å². The summed E-state index contributed by atoms with van der Waals surface area (Å²) in [5.74, 6) is -20.5. The zero-order valence-electron chi connectivity index (χ0n) is 76.0. The highest BCUT2D eigenvalue weighted by atomic mass is 16.2. The van der Waals surface area contributed by atoms with Crippen molar-refractivity contribution in [2.45, 2.75) is 284 Å². The number of carbonyl (C=O) groups excluding carboxylic acids is 25. The highest BCUT2D eigenvalue weighted by molar-refractivity contribution is 6.01. The van der Waals surface area contributed by atoms with Crippen LogP contribution in [-0.4, -0.2) is 312 Å². The first-order valence-corrected chi connectivity index (χ1v) is 41.9. The van der Waals surface area contributed by atoms with Crippen molar-refractivity contribution in [2.75, 3.05) is 26.7 Å². The predicted octanol–water partition coefficient (Wildman–Crippen LogP) is -12.7. The van der Waals surface area contributed by atoms with Gasteiger partial charge < -0.3 is 134 Å². The largest absolute Gasteiger partial charge is 0.357 e. The van der Waals surface area contributed by atoms with E-state index in [1.54, 1.807) is 69.2 Å². The Balaban J connectivity index is 7.53. The summed E-state index contributed by atoms with van der Waals surface area (Å²) in [7, 11) is 1.34. The van der Waals surface area contributed by atoms with E-state index in [-0.39, 0.29) is 50.6 Å². The summed E-state index contributed by atoms with van der Waals surface area (Å²) in [6.45, 7) is 24.4. The molecule has 0 bridgehead atoms. The SMILES string of the molecule is CC[C@@H](C)[C@H](C=O)N[C@H](NC(=O)[C@@H](NC(=O)[C@@H](NC(=O)[C@@H](NC(=O)[C@H](C)NC(=O)[C@H](C)NC(=O)[C@H](NCC=O)NC(=O)[C@@H](NC(=O)[C@H](C)NC(=O)[C@@H](N)NCC=O)N[C@@H](C=O)C(C)C)N[C@@H](C=O)CC(C)C)N[C@@H](C)C=O)N[C@@H](C=O)[C@H](C)CC)C(=O)N[C@@H](NCC=O)C(=O)N[C@@H](C)C(=O)N[C@@H](C)C(=O)N[C@@H](N[C@@H](C=O)[C@H](C)CC)C(=O)N[C@@H](C)C(=O)N[C@@H](C)C(=O)NC. The smallest absolute Gasteiger partial charge is 0.259 e. The Morgan fingerprint density at radius 1 is 0.256 bits per heavy atom. The van der Waals surface area contributed by atoms with E-state index in [1.165, 1.54) is 41.7 Å². The fourth-order valence-electron chi connectivity index (χ4n) is 11.0. The molecule has 0 aliphatic heterocycles. The van der Waals surface area contributed by atoms with Crippen molar-refractivity contribution in [3.05, 3.63) is 0 Å². The van der Waals surface area contributed by atoms with Gasteiger partial charge in [-0.1, -0.05) is 88.5 Å². The lowest BCUT2D eigenvalue weighted by Crippen LogP contribution is -2.70. The Morgan fingerprint density at radius 3 is 0.752 bits per heavy atom. The van der Waals surface area contributed by atoms with Crippen LogP contribution in [0, 0.1) is 29.6 Å². The molecule has 16 amide bonds. The van der Waals surface area contributed by atoms with Crippen molar-refractivity contribution >= 4 is 151 Å². The third-order valence-corrected chi connectivity index (χ3v) is 19.8. The first-order valence-electron chi connectivity index (χ1n) is 41.9. The van der Waals surface area contributed by atoms with Crippen LogP contribution in [0.1, 0.15) is 150 Å². The van der Waals surface area contributed by atoms with Gasteiger partial charge in [-0.05, 0) is 91.4 Å². The van der Waals surface area contributed by atoms with E-state index in [1.807, 2.05) is 0 Å². The minimum Gasteiger partial charge on any atom is -0.357 e. The van der Waals surface area contributed by atoms with Gasteiger partial charge >= 0.3 is 0 Å². The summed E-state index contributed by atoms with van der Waals surface area (Å²) in [5.41, 5.74) is 5.70. The van der Waals surface area contributed by atoms with Gasteiger partial charge in [-0.2, -0.15) is 0 Å². The topological polar surface area (TPSA) is 754 Å². The van der Waals surface area contributed by atoms with E-state index in [4.69, 9.17) is 5.73 Å². The second-order valence-electron chi connectivity index (χ2n) is 31.3. The molecule has 0 saturated heterocycles. The van der Waals surface area contributed by atoms with Gasteiger partial charge in [0.25, 0.3) is 53.2 Å². The average Bonchev–Trinajstić information content (AvgIpc) is 0.853. The molecule has 726 valence electrons. The molecule has 25 atom stereocenters. The predicted molar refractivity (Wildman–Crippen MR) is 459 cm³/mol. The van der Waals surface area contributed by atoms with Crippen LogP contribution in [0.15, 0.2) is 0 Å². The number of nitrogens with two attached hydrogens (primary N) is 1. The molecule has 0 fully saturated rings. The lowest BCUT2D eigenvalue weighted by Gasteiger charge is -2.32. The van der Waals surface area contributed by atoms with E-state index in [0.717, 1.165) is 20.8 Å². The fourth-order valence-corrected chi connectivity index (χ4v) is 11.0. The van der Waals surface area contributed by atoms with Gasteiger partial charge in [-0.3, -0.25) is 125 Å². The third-order valence-electron chi connectivity index (χ3n) is 19.8. The van der Waals surface area contributed by atoms with Crippen LogP contribution in [0.5, 0.6) is 0 Å². The van der Waals surface area contributed by atoms with Gasteiger partial charge in [-0.25, -0.2) is 0 Å². The lowest BCUT2D eigenvalue weighted by molar-refractivity contribution is -0.138.